The smallest absolute Gasteiger partial charge is 0.271 e. The van der Waals surface area contributed by atoms with Crippen molar-refractivity contribution in [2.45, 2.75) is 18.6 Å². The Bertz CT molecular complexity index is 589. The van der Waals surface area contributed by atoms with Gasteiger partial charge in [-0.05, 0) is 6.07 Å². The Labute approximate surface area is 89.7 Å². The van der Waals surface area contributed by atoms with Gasteiger partial charge in [-0.2, -0.15) is 0 Å². The van der Waals surface area contributed by atoms with Gasteiger partial charge >= 0.3 is 0 Å². The maximum absolute atomic E-state index is 13.8. The van der Waals surface area contributed by atoms with E-state index in [1.54, 1.807) is 6.07 Å². The number of hydrogen-bond donors (Lipinski definition) is 0. The van der Waals surface area contributed by atoms with E-state index in [1.807, 2.05) is 0 Å². The third-order valence-electron chi connectivity index (χ3n) is 2.84. The highest BCUT2D eigenvalue weighted by Crippen LogP contribution is 2.46. The lowest BCUT2D eigenvalue weighted by atomic mass is 10.3. The summed E-state index contributed by atoms with van der Waals surface area (Å²) in [5.74, 6) is -1.33. The van der Waals surface area contributed by atoms with Crippen molar-refractivity contribution in [3.8, 4) is 0 Å². The van der Waals surface area contributed by atoms with Crippen molar-refractivity contribution in [1.82, 2.24) is 9.55 Å². The third kappa shape index (κ3) is 1.19. The number of halogens is 1. The van der Waals surface area contributed by atoms with Gasteiger partial charge in [0.2, 0.25) is 0 Å². The van der Waals surface area contributed by atoms with E-state index in [9.17, 15) is 14.5 Å². The summed E-state index contributed by atoms with van der Waals surface area (Å²) in [4.78, 5) is 14.1. The van der Waals surface area contributed by atoms with Gasteiger partial charge < -0.3 is 0 Å². The highest BCUT2D eigenvalue weighted by molar-refractivity contribution is 5.78. The molecule has 1 saturated carbocycles. The standard InChI is InChI=1S/C10H8FN3O2/c11-10(3-4-10)13-6-12-8-5-7(14(15)16)1-2-9(8)13/h1-2,5-6H,3-4H2. The third-order valence-corrected chi connectivity index (χ3v) is 2.84. The highest BCUT2D eigenvalue weighted by Gasteiger charge is 2.46. The molecular weight excluding hydrogens is 213 g/mol. The fourth-order valence-electron chi connectivity index (χ4n) is 1.78. The molecule has 0 spiro atoms. The van der Waals surface area contributed by atoms with E-state index in [0.717, 1.165) is 0 Å². The van der Waals surface area contributed by atoms with Gasteiger partial charge in [0.15, 0.2) is 5.79 Å². The molecule has 0 radical (unpaired) electrons. The quantitative estimate of drug-likeness (QED) is 0.577. The number of fused-ring (bicyclic) bond motifs is 1. The van der Waals surface area contributed by atoms with Crippen LogP contribution in [-0.2, 0) is 5.79 Å². The zero-order valence-electron chi connectivity index (χ0n) is 8.26. The van der Waals surface area contributed by atoms with Crippen molar-refractivity contribution in [3.63, 3.8) is 0 Å². The summed E-state index contributed by atoms with van der Waals surface area (Å²) in [6.07, 6.45) is 2.37. The van der Waals surface area contributed by atoms with Crippen LogP contribution in [0.4, 0.5) is 10.1 Å². The van der Waals surface area contributed by atoms with E-state index in [0.29, 0.717) is 23.9 Å². The zero-order chi connectivity index (χ0) is 11.3. The van der Waals surface area contributed by atoms with Crippen molar-refractivity contribution >= 4 is 16.7 Å². The first kappa shape index (κ1) is 9.26. The van der Waals surface area contributed by atoms with Gasteiger partial charge in [-0.15, -0.1) is 0 Å². The number of benzene rings is 1. The van der Waals surface area contributed by atoms with Crippen LogP contribution >= 0.6 is 0 Å². The molecule has 0 atom stereocenters. The molecule has 0 bridgehead atoms. The molecule has 1 aliphatic carbocycles. The molecule has 82 valence electrons. The van der Waals surface area contributed by atoms with Crippen LogP contribution in [0, 0.1) is 10.1 Å². The monoisotopic (exact) mass is 221 g/mol. The fourth-order valence-corrected chi connectivity index (χ4v) is 1.78. The average Bonchev–Trinajstić information content (AvgIpc) is 2.86. The maximum atomic E-state index is 13.8. The Morgan fingerprint density at radius 3 is 2.88 bits per heavy atom. The molecule has 0 N–H and O–H groups in total. The summed E-state index contributed by atoms with van der Waals surface area (Å²) in [6, 6.07) is 4.27. The summed E-state index contributed by atoms with van der Waals surface area (Å²) in [5.41, 5.74) is 1.03. The summed E-state index contributed by atoms with van der Waals surface area (Å²) in [6.45, 7) is 0. The lowest BCUT2D eigenvalue weighted by molar-refractivity contribution is -0.384. The van der Waals surface area contributed by atoms with Crippen LogP contribution in [0.1, 0.15) is 12.8 Å². The van der Waals surface area contributed by atoms with Gasteiger partial charge in [-0.3, -0.25) is 14.7 Å². The largest absolute Gasteiger partial charge is 0.297 e. The van der Waals surface area contributed by atoms with Crippen molar-refractivity contribution in [1.29, 1.82) is 0 Å². The Hall–Kier alpha value is -1.98. The predicted octanol–water partition coefficient (Wildman–Crippen LogP) is 2.36. The van der Waals surface area contributed by atoms with Crippen molar-refractivity contribution in [2.75, 3.05) is 0 Å². The molecule has 1 aliphatic rings. The molecule has 16 heavy (non-hydrogen) atoms. The summed E-state index contributed by atoms with van der Waals surface area (Å²) in [7, 11) is 0. The minimum absolute atomic E-state index is 0.0264. The molecule has 1 fully saturated rings. The Kier molecular flexibility index (Phi) is 1.61. The summed E-state index contributed by atoms with van der Waals surface area (Å²) >= 11 is 0. The average molecular weight is 221 g/mol. The van der Waals surface area contributed by atoms with Gasteiger partial charge in [-0.1, -0.05) is 0 Å². The van der Waals surface area contributed by atoms with Gasteiger partial charge in [0.25, 0.3) is 5.69 Å². The molecule has 1 aromatic carbocycles. The number of alkyl halides is 1. The lowest BCUT2D eigenvalue weighted by Crippen LogP contribution is -2.08. The topological polar surface area (TPSA) is 61.0 Å². The molecule has 0 aliphatic heterocycles. The minimum Gasteiger partial charge on any atom is -0.297 e. The number of aromatic nitrogens is 2. The van der Waals surface area contributed by atoms with Crippen LogP contribution in [-0.4, -0.2) is 14.5 Å². The molecule has 0 saturated heterocycles. The van der Waals surface area contributed by atoms with E-state index in [1.165, 1.54) is 23.0 Å². The Morgan fingerprint density at radius 1 is 1.50 bits per heavy atom. The van der Waals surface area contributed by atoms with E-state index in [-0.39, 0.29) is 5.69 Å². The van der Waals surface area contributed by atoms with Crippen LogP contribution in [0.15, 0.2) is 24.5 Å². The normalized spacial score (nSPS) is 17.6. The predicted molar refractivity (Wildman–Crippen MR) is 54.7 cm³/mol. The number of non-ortho nitro benzene ring substituents is 1. The first-order chi connectivity index (χ1) is 7.60. The summed E-state index contributed by atoms with van der Waals surface area (Å²) in [5, 5.41) is 10.6. The Morgan fingerprint density at radius 2 is 2.25 bits per heavy atom. The maximum Gasteiger partial charge on any atom is 0.271 e. The Balaban J connectivity index is 2.18. The number of nitrogens with zero attached hydrogens (tertiary/aromatic N) is 3. The first-order valence-electron chi connectivity index (χ1n) is 4.91. The van der Waals surface area contributed by atoms with Crippen molar-refractivity contribution in [2.24, 2.45) is 0 Å². The van der Waals surface area contributed by atoms with Gasteiger partial charge in [0, 0.05) is 25.0 Å². The highest BCUT2D eigenvalue weighted by atomic mass is 19.1. The van der Waals surface area contributed by atoms with Crippen LogP contribution in [0.25, 0.3) is 11.0 Å². The second kappa shape index (κ2) is 2.78. The fraction of sp³-hybridized carbons (Fsp3) is 0.300. The van der Waals surface area contributed by atoms with Crippen LogP contribution < -0.4 is 0 Å². The lowest BCUT2D eigenvalue weighted by Gasteiger charge is -2.07. The number of hydrogen-bond acceptors (Lipinski definition) is 3. The number of nitro benzene ring substituents is 1. The number of nitro groups is 1. The molecule has 0 unspecified atom stereocenters. The number of rotatable bonds is 2. The molecule has 1 aromatic heterocycles. The second-order valence-electron chi connectivity index (χ2n) is 3.96. The van der Waals surface area contributed by atoms with E-state index in [2.05, 4.69) is 4.98 Å². The van der Waals surface area contributed by atoms with Crippen molar-refractivity contribution < 1.29 is 9.31 Å². The van der Waals surface area contributed by atoms with Crippen LogP contribution in [0.2, 0.25) is 0 Å². The SMILES string of the molecule is O=[N+]([O-])c1ccc2c(c1)ncn2C1(F)CC1. The first-order valence-corrected chi connectivity index (χ1v) is 4.91. The molecule has 3 rings (SSSR count). The molecular formula is C10H8FN3O2. The molecule has 1 heterocycles. The minimum atomic E-state index is -1.33. The molecule has 5 nitrogen and oxygen atoms in total. The van der Waals surface area contributed by atoms with Crippen LogP contribution in [0.3, 0.4) is 0 Å². The van der Waals surface area contributed by atoms with Gasteiger partial charge in [-0.25, -0.2) is 9.37 Å². The zero-order valence-corrected chi connectivity index (χ0v) is 8.26. The van der Waals surface area contributed by atoms with Crippen molar-refractivity contribution in [3.05, 3.63) is 34.6 Å². The van der Waals surface area contributed by atoms with Crippen LogP contribution in [0.5, 0.6) is 0 Å². The molecule has 0 amide bonds. The van der Waals surface area contributed by atoms with E-state index in [4.69, 9.17) is 0 Å². The number of imidazole rings is 1. The van der Waals surface area contributed by atoms with E-state index < -0.39 is 10.7 Å². The summed E-state index contributed by atoms with van der Waals surface area (Å²) < 4.78 is 15.3. The van der Waals surface area contributed by atoms with E-state index >= 15 is 0 Å². The second-order valence-corrected chi connectivity index (χ2v) is 3.96. The van der Waals surface area contributed by atoms with Gasteiger partial charge in [0.05, 0.1) is 22.3 Å². The molecule has 6 heteroatoms. The molecule has 2 aromatic rings. The van der Waals surface area contributed by atoms with Gasteiger partial charge in [0.1, 0.15) is 0 Å².